The zero-order valence-electron chi connectivity index (χ0n) is 13.5. The number of aliphatic hydroxyl groups is 1. The SMILES string of the molecule is CC(C)(CO)CCCNC(=O)Nc1ccc(-n2ccnn2)cc1. The molecule has 3 N–H and O–H groups in total. The maximum absolute atomic E-state index is 11.8. The van der Waals surface area contributed by atoms with Crippen LogP contribution in [0.2, 0.25) is 0 Å². The first kappa shape index (κ1) is 17.0. The molecule has 0 saturated carbocycles. The molecule has 1 heterocycles. The van der Waals surface area contributed by atoms with Gasteiger partial charge >= 0.3 is 6.03 Å². The molecule has 1 aromatic carbocycles. The lowest BCUT2D eigenvalue weighted by molar-refractivity contribution is 0.148. The number of carbonyl (C=O) groups is 1. The Bertz CT molecular complexity index is 608. The molecule has 2 aromatic rings. The van der Waals surface area contributed by atoms with E-state index in [0.717, 1.165) is 18.5 Å². The number of aromatic nitrogens is 3. The molecule has 0 atom stereocenters. The van der Waals surface area contributed by atoms with Crippen LogP contribution >= 0.6 is 0 Å². The first-order valence-corrected chi connectivity index (χ1v) is 7.63. The molecule has 0 aliphatic rings. The Morgan fingerprint density at radius 1 is 1.30 bits per heavy atom. The number of benzene rings is 1. The van der Waals surface area contributed by atoms with Crippen LogP contribution in [0.15, 0.2) is 36.7 Å². The Morgan fingerprint density at radius 3 is 2.65 bits per heavy atom. The van der Waals surface area contributed by atoms with Crippen molar-refractivity contribution in [1.82, 2.24) is 20.3 Å². The quantitative estimate of drug-likeness (QED) is 0.683. The predicted molar refractivity (Wildman–Crippen MR) is 88.5 cm³/mol. The van der Waals surface area contributed by atoms with E-state index in [1.165, 1.54) is 0 Å². The van der Waals surface area contributed by atoms with E-state index < -0.39 is 0 Å². The van der Waals surface area contributed by atoms with Gasteiger partial charge in [-0.1, -0.05) is 19.1 Å². The number of aliphatic hydroxyl groups excluding tert-OH is 1. The standard InChI is InChI=1S/C16H23N5O2/c1-16(2,12-22)8-3-9-17-15(23)19-13-4-6-14(7-5-13)21-11-10-18-20-21/h4-7,10-11,22H,3,8-9,12H2,1-2H3,(H2,17,19,23). The van der Waals surface area contributed by atoms with E-state index in [0.29, 0.717) is 12.2 Å². The van der Waals surface area contributed by atoms with Crippen LogP contribution in [0.5, 0.6) is 0 Å². The van der Waals surface area contributed by atoms with E-state index in [1.807, 2.05) is 38.1 Å². The number of carbonyl (C=O) groups excluding carboxylic acids is 1. The third-order valence-electron chi connectivity index (χ3n) is 3.56. The van der Waals surface area contributed by atoms with Crippen LogP contribution in [-0.4, -0.2) is 39.3 Å². The summed E-state index contributed by atoms with van der Waals surface area (Å²) in [4.78, 5) is 11.8. The van der Waals surface area contributed by atoms with Crippen molar-refractivity contribution in [3.8, 4) is 5.69 Å². The second-order valence-electron chi connectivity index (χ2n) is 6.20. The Hall–Kier alpha value is -2.41. The molecule has 0 aliphatic carbocycles. The average molecular weight is 317 g/mol. The zero-order chi connectivity index (χ0) is 16.7. The first-order chi connectivity index (χ1) is 11.0. The van der Waals surface area contributed by atoms with Crippen LogP contribution in [-0.2, 0) is 0 Å². The second-order valence-corrected chi connectivity index (χ2v) is 6.20. The molecule has 2 rings (SSSR count). The summed E-state index contributed by atoms with van der Waals surface area (Å²) in [5, 5.41) is 22.4. The van der Waals surface area contributed by atoms with Gasteiger partial charge in [0.05, 0.1) is 18.1 Å². The van der Waals surface area contributed by atoms with Gasteiger partial charge in [-0.15, -0.1) is 5.10 Å². The third kappa shape index (κ3) is 5.37. The molecular formula is C16H23N5O2. The Kier molecular flexibility index (Phi) is 5.70. The number of hydrogen-bond donors (Lipinski definition) is 3. The minimum atomic E-state index is -0.236. The third-order valence-corrected chi connectivity index (χ3v) is 3.56. The van der Waals surface area contributed by atoms with Crippen LogP contribution < -0.4 is 10.6 Å². The van der Waals surface area contributed by atoms with Gasteiger partial charge in [-0.25, -0.2) is 9.48 Å². The summed E-state index contributed by atoms with van der Waals surface area (Å²) in [5.41, 5.74) is 1.48. The van der Waals surface area contributed by atoms with Gasteiger partial charge in [-0.2, -0.15) is 0 Å². The highest BCUT2D eigenvalue weighted by Crippen LogP contribution is 2.20. The molecule has 2 amide bonds. The number of anilines is 1. The normalized spacial score (nSPS) is 11.3. The predicted octanol–water partition coefficient (Wildman–Crippen LogP) is 2.19. The summed E-state index contributed by atoms with van der Waals surface area (Å²) in [6.07, 6.45) is 5.04. The summed E-state index contributed by atoms with van der Waals surface area (Å²) in [6.45, 7) is 4.73. The Morgan fingerprint density at radius 2 is 2.04 bits per heavy atom. The molecule has 7 nitrogen and oxygen atoms in total. The van der Waals surface area contributed by atoms with Gasteiger partial charge < -0.3 is 15.7 Å². The molecule has 124 valence electrons. The maximum atomic E-state index is 11.8. The van der Waals surface area contributed by atoms with E-state index in [2.05, 4.69) is 20.9 Å². The van der Waals surface area contributed by atoms with E-state index in [4.69, 9.17) is 0 Å². The Labute approximate surface area is 135 Å². The topological polar surface area (TPSA) is 92.1 Å². The van der Waals surface area contributed by atoms with Crippen LogP contribution in [0.25, 0.3) is 5.69 Å². The monoisotopic (exact) mass is 317 g/mol. The molecule has 0 radical (unpaired) electrons. The molecule has 0 aliphatic heterocycles. The fourth-order valence-electron chi connectivity index (χ4n) is 2.07. The van der Waals surface area contributed by atoms with Gasteiger partial charge in [0, 0.05) is 18.8 Å². The lowest BCUT2D eigenvalue weighted by Gasteiger charge is -2.21. The summed E-state index contributed by atoms with van der Waals surface area (Å²) in [5.74, 6) is 0. The highest BCUT2D eigenvalue weighted by molar-refractivity contribution is 5.89. The number of urea groups is 1. The highest BCUT2D eigenvalue weighted by Gasteiger charge is 2.15. The minimum Gasteiger partial charge on any atom is -0.396 e. The van der Waals surface area contributed by atoms with Crippen molar-refractivity contribution in [3.05, 3.63) is 36.7 Å². The highest BCUT2D eigenvalue weighted by atomic mass is 16.3. The van der Waals surface area contributed by atoms with Gasteiger partial charge in [0.15, 0.2) is 0 Å². The number of nitrogens with one attached hydrogen (secondary N) is 2. The van der Waals surface area contributed by atoms with Gasteiger partial charge in [-0.3, -0.25) is 0 Å². The van der Waals surface area contributed by atoms with Gasteiger partial charge in [-0.05, 0) is 42.5 Å². The molecule has 0 spiro atoms. The van der Waals surface area contributed by atoms with Crippen LogP contribution in [0.1, 0.15) is 26.7 Å². The van der Waals surface area contributed by atoms with Gasteiger partial charge in [0.25, 0.3) is 0 Å². The first-order valence-electron chi connectivity index (χ1n) is 7.63. The van der Waals surface area contributed by atoms with E-state index >= 15 is 0 Å². The minimum absolute atomic E-state index is 0.102. The zero-order valence-corrected chi connectivity index (χ0v) is 13.5. The lowest BCUT2D eigenvalue weighted by Crippen LogP contribution is -2.30. The Balaban J connectivity index is 1.75. The smallest absolute Gasteiger partial charge is 0.319 e. The van der Waals surface area contributed by atoms with Crippen molar-refractivity contribution in [2.45, 2.75) is 26.7 Å². The summed E-state index contributed by atoms with van der Waals surface area (Å²) in [6, 6.07) is 7.10. The lowest BCUT2D eigenvalue weighted by atomic mass is 9.89. The van der Waals surface area contributed by atoms with Gasteiger partial charge in [0.1, 0.15) is 0 Å². The van der Waals surface area contributed by atoms with Crippen molar-refractivity contribution < 1.29 is 9.90 Å². The second kappa shape index (κ2) is 7.73. The summed E-state index contributed by atoms with van der Waals surface area (Å²) in [7, 11) is 0. The molecule has 1 aromatic heterocycles. The molecule has 7 heteroatoms. The van der Waals surface area contributed by atoms with E-state index in [1.54, 1.807) is 17.1 Å². The van der Waals surface area contributed by atoms with Crippen LogP contribution in [0.4, 0.5) is 10.5 Å². The number of nitrogens with zero attached hydrogens (tertiary/aromatic N) is 3. The average Bonchev–Trinajstić information content (AvgIpc) is 3.07. The number of hydrogen-bond acceptors (Lipinski definition) is 4. The fraction of sp³-hybridized carbons (Fsp3) is 0.438. The number of rotatable bonds is 7. The van der Waals surface area contributed by atoms with Crippen LogP contribution in [0, 0.1) is 5.41 Å². The maximum Gasteiger partial charge on any atom is 0.319 e. The molecule has 23 heavy (non-hydrogen) atoms. The van der Waals surface area contributed by atoms with Crippen molar-refractivity contribution in [2.24, 2.45) is 5.41 Å². The van der Waals surface area contributed by atoms with Gasteiger partial charge in [0.2, 0.25) is 0 Å². The molecular weight excluding hydrogens is 294 g/mol. The van der Waals surface area contributed by atoms with E-state index in [-0.39, 0.29) is 18.1 Å². The van der Waals surface area contributed by atoms with Crippen LogP contribution in [0.3, 0.4) is 0 Å². The number of amides is 2. The van der Waals surface area contributed by atoms with Crippen molar-refractivity contribution >= 4 is 11.7 Å². The summed E-state index contributed by atoms with van der Waals surface area (Å²) >= 11 is 0. The summed E-state index contributed by atoms with van der Waals surface area (Å²) < 4.78 is 1.65. The van der Waals surface area contributed by atoms with Crippen molar-refractivity contribution in [3.63, 3.8) is 0 Å². The fourth-order valence-corrected chi connectivity index (χ4v) is 2.07. The molecule has 0 bridgehead atoms. The molecule has 0 unspecified atom stereocenters. The van der Waals surface area contributed by atoms with Crippen molar-refractivity contribution in [2.75, 3.05) is 18.5 Å². The molecule has 0 saturated heterocycles. The van der Waals surface area contributed by atoms with Crippen molar-refractivity contribution in [1.29, 1.82) is 0 Å². The van der Waals surface area contributed by atoms with E-state index in [9.17, 15) is 9.90 Å². The molecule has 0 fully saturated rings. The largest absolute Gasteiger partial charge is 0.396 e.